The average Bonchev–Trinajstić information content (AvgIpc) is 3.21. The number of hydrogen-bond donors (Lipinski definition) is 1. The Bertz CT molecular complexity index is 1150. The van der Waals surface area contributed by atoms with Gasteiger partial charge in [-0.2, -0.15) is 0 Å². The molecule has 3 aromatic rings. The number of aryl methyl sites for hydroxylation is 1. The number of thiol groups is 1. The van der Waals surface area contributed by atoms with Gasteiger partial charge in [0.15, 0.2) is 0 Å². The number of imidazole rings is 1. The number of aromatic nitrogens is 2. The summed E-state index contributed by atoms with van der Waals surface area (Å²) in [6.45, 7) is 3.35. The molecule has 0 aliphatic carbocycles. The van der Waals surface area contributed by atoms with E-state index in [0.29, 0.717) is 6.54 Å². The first-order valence-corrected chi connectivity index (χ1v) is 10.3. The van der Waals surface area contributed by atoms with Crippen molar-refractivity contribution in [3.63, 3.8) is 0 Å². The summed E-state index contributed by atoms with van der Waals surface area (Å²) >= 11 is 4.01. The van der Waals surface area contributed by atoms with Crippen LogP contribution in [0.3, 0.4) is 0 Å². The average molecular weight is 435 g/mol. The molecular weight excluding hydrogens is 411 g/mol. The molecule has 2 aromatic carbocycles. The molecule has 0 saturated heterocycles. The quantitative estimate of drug-likeness (QED) is 0.479. The maximum Gasteiger partial charge on any atom is 0.142 e. The molecule has 0 radical (unpaired) electrons. The number of amidine groups is 1. The molecular formula is C23H23FN6S. The van der Waals surface area contributed by atoms with E-state index < -0.39 is 0 Å². The summed E-state index contributed by atoms with van der Waals surface area (Å²) in [4.78, 5) is 8.93. The molecule has 4 rings (SSSR count). The Kier molecular flexibility index (Phi) is 6.18. The maximum atomic E-state index is 13.3. The summed E-state index contributed by atoms with van der Waals surface area (Å²) in [5.41, 5.74) is 4.80. The fourth-order valence-electron chi connectivity index (χ4n) is 3.49. The second kappa shape index (κ2) is 9.18. The third-order valence-electron chi connectivity index (χ3n) is 5.09. The molecule has 0 saturated carbocycles. The molecule has 158 valence electrons. The van der Waals surface area contributed by atoms with E-state index in [0.717, 1.165) is 40.6 Å². The van der Waals surface area contributed by atoms with E-state index in [2.05, 4.69) is 32.2 Å². The van der Waals surface area contributed by atoms with Crippen LogP contribution in [0.25, 0.3) is 11.8 Å². The zero-order valence-electron chi connectivity index (χ0n) is 17.4. The Balaban J connectivity index is 1.58. The predicted molar refractivity (Wildman–Crippen MR) is 128 cm³/mol. The molecule has 0 unspecified atom stereocenters. The molecule has 0 bridgehead atoms. The highest BCUT2D eigenvalue weighted by molar-refractivity contribution is 7.79. The van der Waals surface area contributed by atoms with E-state index in [-0.39, 0.29) is 5.82 Å². The fraction of sp³-hybridized carbons (Fsp3) is 0.174. The summed E-state index contributed by atoms with van der Waals surface area (Å²) in [5.74, 6) is 0.573. The van der Waals surface area contributed by atoms with Crippen molar-refractivity contribution in [3.8, 4) is 5.69 Å². The first kappa shape index (κ1) is 20.9. The normalized spacial score (nSPS) is 14.6. The van der Waals surface area contributed by atoms with Crippen LogP contribution in [0.5, 0.6) is 0 Å². The number of nitrogens with zero attached hydrogens (tertiary/aromatic N) is 6. The van der Waals surface area contributed by atoms with Crippen LogP contribution in [-0.4, -0.2) is 46.7 Å². The van der Waals surface area contributed by atoms with Gasteiger partial charge in [-0.1, -0.05) is 12.1 Å². The smallest absolute Gasteiger partial charge is 0.142 e. The van der Waals surface area contributed by atoms with Gasteiger partial charge in [0, 0.05) is 30.7 Å². The van der Waals surface area contributed by atoms with Gasteiger partial charge < -0.3 is 4.57 Å². The van der Waals surface area contributed by atoms with Crippen molar-refractivity contribution in [3.05, 3.63) is 83.7 Å². The molecule has 0 spiro atoms. The van der Waals surface area contributed by atoms with E-state index in [9.17, 15) is 4.39 Å². The van der Waals surface area contributed by atoms with Crippen molar-refractivity contribution in [2.24, 2.45) is 9.39 Å². The lowest BCUT2D eigenvalue weighted by Gasteiger charge is -2.37. The highest BCUT2D eigenvalue weighted by Crippen LogP contribution is 2.20. The first-order valence-electron chi connectivity index (χ1n) is 9.87. The Morgan fingerprint density at radius 2 is 1.84 bits per heavy atom. The zero-order chi connectivity index (χ0) is 21.8. The topological polar surface area (TPSA) is 49.0 Å². The van der Waals surface area contributed by atoms with Gasteiger partial charge in [-0.05, 0) is 67.8 Å². The number of rotatable bonds is 5. The van der Waals surface area contributed by atoms with Crippen molar-refractivity contribution in [1.82, 2.24) is 14.6 Å². The highest BCUT2D eigenvalue weighted by Gasteiger charge is 2.18. The summed E-state index contributed by atoms with van der Waals surface area (Å²) in [6.07, 6.45) is 9.46. The van der Waals surface area contributed by atoms with Gasteiger partial charge in [0.1, 0.15) is 11.7 Å². The Morgan fingerprint density at radius 3 is 2.55 bits per heavy atom. The molecule has 8 heteroatoms. The molecule has 0 amide bonds. The lowest BCUT2D eigenvalue weighted by atomic mass is 10.1. The van der Waals surface area contributed by atoms with Gasteiger partial charge in [-0.25, -0.2) is 13.8 Å². The monoisotopic (exact) mass is 434 g/mol. The van der Waals surface area contributed by atoms with Gasteiger partial charge in [0.2, 0.25) is 0 Å². The number of likely N-dealkylation sites (N-methyl/N-ethyl adjacent to an activating group) is 1. The third-order valence-corrected chi connectivity index (χ3v) is 5.21. The van der Waals surface area contributed by atoms with Crippen LogP contribution >= 0.6 is 12.8 Å². The minimum atomic E-state index is -0.245. The minimum absolute atomic E-state index is 0.245. The van der Waals surface area contributed by atoms with E-state index >= 15 is 0 Å². The molecule has 2 heterocycles. The predicted octanol–water partition coefficient (Wildman–Crippen LogP) is 4.36. The number of aliphatic imine (C=N–C) groups is 1. The standard InChI is InChI=1S/C23H23FN6S/c1-17-15-29(16-26-17)22-7-3-18(19(13-22)14-27-31)4-10-23-25-11-12-30(28(23)2)21-8-5-20(24)6-9-21/h3-10,13-16,31H,11-12H2,1-2H3/b10-4+,27-14-. The summed E-state index contributed by atoms with van der Waals surface area (Å²) in [7, 11) is 1.95. The second-order valence-electron chi connectivity index (χ2n) is 7.18. The van der Waals surface area contributed by atoms with Crippen LogP contribution in [-0.2, 0) is 0 Å². The fourth-order valence-corrected chi connectivity index (χ4v) is 3.61. The molecule has 31 heavy (non-hydrogen) atoms. The highest BCUT2D eigenvalue weighted by atomic mass is 32.1. The van der Waals surface area contributed by atoms with Crippen LogP contribution in [0.4, 0.5) is 10.1 Å². The second-order valence-corrected chi connectivity index (χ2v) is 7.41. The van der Waals surface area contributed by atoms with Gasteiger partial charge in [-0.3, -0.25) is 15.0 Å². The van der Waals surface area contributed by atoms with E-state index in [1.807, 2.05) is 60.1 Å². The Labute approximate surface area is 186 Å². The summed E-state index contributed by atoms with van der Waals surface area (Å²) in [5, 5.41) is 4.05. The van der Waals surface area contributed by atoms with E-state index in [4.69, 9.17) is 0 Å². The zero-order valence-corrected chi connectivity index (χ0v) is 18.2. The van der Waals surface area contributed by atoms with Gasteiger partial charge in [-0.15, -0.1) is 0 Å². The van der Waals surface area contributed by atoms with Crippen molar-refractivity contribution < 1.29 is 4.39 Å². The number of hydrogen-bond acceptors (Lipinski definition) is 6. The molecule has 0 fully saturated rings. The van der Waals surface area contributed by atoms with Crippen molar-refractivity contribution in [1.29, 1.82) is 0 Å². The van der Waals surface area contributed by atoms with E-state index in [1.165, 1.54) is 12.1 Å². The number of anilines is 1. The van der Waals surface area contributed by atoms with Gasteiger partial charge in [0.05, 0.1) is 30.8 Å². The first-order chi connectivity index (χ1) is 15.0. The molecule has 1 aliphatic heterocycles. The number of hydrazine groups is 1. The van der Waals surface area contributed by atoms with Gasteiger partial charge >= 0.3 is 0 Å². The number of halogens is 1. The van der Waals surface area contributed by atoms with Crippen molar-refractivity contribution in [2.45, 2.75) is 6.92 Å². The minimum Gasteiger partial charge on any atom is -0.306 e. The molecule has 6 nitrogen and oxygen atoms in total. The molecule has 0 N–H and O–H groups in total. The SMILES string of the molecule is Cc1cn(-c2ccc(/C=C/C3=NCCN(c4ccc(F)cc4)N3C)c(/C=N\S)c2)cn1. The lowest BCUT2D eigenvalue weighted by molar-refractivity contribution is 0.440. The van der Waals surface area contributed by atoms with Crippen molar-refractivity contribution >= 4 is 36.6 Å². The lowest BCUT2D eigenvalue weighted by Crippen LogP contribution is -2.48. The number of benzene rings is 2. The Hall–Kier alpha value is -3.39. The summed E-state index contributed by atoms with van der Waals surface area (Å²) < 4.78 is 19.2. The maximum absolute atomic E-state index is 13.3. The third kappa shape index (κ3) is 4.69. The van der Waals surface area contributed by atoms with E-state index in [1.54, 1.807) is 24.7 Å². The molecule has 1 aliphatic rings. The summed E-state index contributed by atoms with van der Waals surface area (Å²) in [6, 6.07) is 12.6. The van der Waals surface area contributed by atoms with Crippen LogP contribution in [0.2, 0.25) is 0 Å². The van der Waals surface area contributed by atoms with Crippen molar-refractivity contribution in [2.75, 3.05) is 25.1 Å². The Morgan fingerprint density at radius 1 is 1.06 bits per heavy atom. The van der Waals surface area contributed by atoms with Crippen LogP contribution in [0, 0.1) is 12.7 Å². The van der Waals surface area contributed by atoms with Crippen LogP contribution in [0.1, 0.15) is 16.8 Å². The van der Waals surface area contributed by atoms with Gasteiger partial charge in [0.25, 0.3) is 0 Å². The van der Waals surface area contributed by atoms with Crippen LogP contribution < -0.4 is 5.01 Å². The largest absolute Gasteiger partial charge is 0.306 e. The molecule has 0 atom stereocenters. The van der Waals surface area contributed by atoms with Crippen LogP contribution in [0.15, 0.2) is 70.5 Å². The molecule has 1 aromatic heterocycles.